The summed E-state index contributed by atoms with van der Waals surface area (Å²) in [6.07, 6.45) is -0.443. The van der Waals surface area contributed by atoms with Crippen molar-refractivity contribution in [2.24, 2.45) is 0 Å². The van der Waals surface area contributed by atoms with E-state index in [1.165, 1.54) is 18.2 Å². The van der Waals surface area contributed by atoms with Crippen LogP contribution in [-0.2, 0) is 23.8 Å². The van der Waals surface area contributed by atoms with Gasteiger partial charge in [0.25, 0.3) is 5.91 Å². The highest BCUT2D eigenvalue weighted by Gasteiger charge is 2.52. The summed E-state index contributed by atoms with van der Waals surface area (Å²) in [5, 5.41) is 0. The number of amides is 2. The fourth-order valence-corrected chi connectivity index (χ4v) is 5.82. The quantitative estimate of drug-likeness (QED) is 0.230. The van der Waals surface area contributed by atoms with Gasteiger partial charge in [-0.2, -0.15) is 21.6 Å². The molecule has 3 aliphatic rings. The van der Waals surface area contributed by atoms with Crippen molar-refractivity contribution in [3.05, 3.63) is 94.6 Å². The molecular formula is C30H24F3NO9S. The van der Waals surface area contributed by atoms with E-state index in [2.05, 4.69) is 0 Å². The normalized spacial score (nSPS) is 19.2. The average molecular weight is 632 g/mol. The molecule has 230 valence electrons. The molecule has 3 aromatic rings. The van der Waals surface area contributed by atoms with Crippen LogP contribution in [0.2, 0.25) is 0 Å². The van der Waals surface area contributed by atoms with E-state index in [4.69, 9.17) is 23.1 Å². The first-order chi connectivity index (χ1) is 21.0. The summed E-state index contributed by atoms with van der Waals surface area (Å²) in [6, 6.07) is 16.5. The third kappa shape index (κ3) is 5.08. The molecule has 0 saturated carbocycles. The molecule has 0 spiro atoms. The third-order valence-electron chi connectivity index (χ3n) is 7.30. The van der Waals surface area contributed by atoms with Crippen LogP contribution in [0.4, 0.5) is 18.0 Å². The SMILES string of the molecule is CCCOc1ccc2c(c1)C(OS(=O)(=O)C(F)(F)F)=C(C(=O)N1C(=O)OC[C@@H]1c1ccccc1)[C@H]2c1ccc2c(c1)OCO2. The van der Waals surface area contributed by atoms with Crippen molar-refractivity contribution in [2.45, 2.75) is 30.8 Å². The molecule has 6 rings (SSSR count). The van der Waals surface area contributed by atoms with E-state index < -0.39 is 50.9 Å². The molecule has 3 aromatic carbocycles. The Hall–Kier alpha value is -4.72. The van der Waals surface area contributed by atoms with Gasteiger partial charge in [0.2, 0.25) is 6.79 Å². The Labute approximate surface area is 249 Å². The Morgan fingerprint density at radius 2 is 1.73 bits per heavy atom. The summed E-state index contributed by atoms with van der Waals surface area (Å²) >= 11 is 0. The molecule has 0 aromatic heterocycles. The predicted molar refractivity (Wildman–Crippen MR) is 147 cm³/mol. The van der Waals surface area contributed by atoms with Gasteiger partial charge in [-0.15, -0.1) is 0 Å². The lowest BCUT2D eigenvalue weighted by Crippen LogP contribution is -2.37. The van der Waals surface area contributed by atoms with Crippen LogP contribution in [0.15, 0.2) is 72.3 Å². The second-order valence-electron chi connectivity index (χ2n) is 10.0. The van der Waals surface area contributed by atoms with Gasteiger partial charge in [-0.1, -0.05) is 49.4 Å². The number of nitrogens with zero attached hydrogens (tertiary/aromatic N) is 1. The van der Waals surface area contributed by atoms with E-state index in [9.17, 15) is 31.2 Å². The average Bonchev–Trinajstić information content (AvgIpc) is 3.70. The van der Waals surface area contributed by atoms with Gasteiger partial charge < -0.3 is 23.1 Å². The number of halogens is 3. The van der Waals surface area contributed by atoms with E-state index in [1.54, 1.807) is 48.5 Å². The third-order valence-corrected chi connectivity index (χ3v) is 8.25. The topological polar surface area (TPSA) is 118 Å². The van der Waals surface area contributed by atoms with Crippen molar-refractivity contribution in [3.63, 3.8) is 0 Å². The molecule has 2 atom stereocenters. The van der Waals surface area contributed by atoms with Crippen molar-refractivity contribution in [1.29, 1.82) is 0 Å². The molecular weight excluding hydrogens is 607 g/mol. The molecule has 10 nitrogen and oxygen atoms in total. The number of imide groups is 1. The largest absolute Gasteiger partial charge is 0.534 e. The fraction of sp³-hybridized carbons (Fsp3) is 0.267. The lowest BCUT2D eigenvalue weighted by atomic mass is 9.87. The maximum Gasteiger partial charge on any atom is 0.534 e. The van der Waals surface area contributed by atoms with Crippen LogP contribution in [0.1, 0.15) is 47.6 Å². The number of ether oxygens (including phenoxy) is 4. The predicted octanol–water partition coefficient (Wildman–Crippen LogP) is 5.65. The highest BCUT2D eigenvalue weighted by atomic mass is 32.2. The van der Waals surface area contributed by atoms with Crippen molar-refractivity contribution in [2.75, 3.05) is 20.0 Å². The van der Waals surface area contributed by atoms with Gasteiger partial charge in [0, 0.05) is 11.5 Å². The Morgan fingerprint density at radius 1 is 0.977 bits per heavy atom. The number of hydrogen-bond donors (Lipinski definition) is 0. The van der Waals surface area contributed by atoms with E-state index in [1.807, 2.05) is 6.92 Å². The smallest absolute Gasteiger partial charge is 0.494 e. The van der Waals surface area contributed by atoms with Crippen LogP contribution < -0.4 is 14.2 Å². The van der Waals surface area contributed by atoms with Crippen LogP contribution in [0, 0.1) is 0 Å². The molecule has 14 heteroatoms. The second-order valence-corrected chi connectivity index (χ2v) is 11.6. The van der Waals surface area contributed by atoms with Gasteiger partial charge in [0.1, 0.15) is 18.4 Å². The minimum absolute atomic E-state index is 0.0731. The number of cyclic esters (lactones) is 1. The number of carbonyl (C=O) groups excluding carboxylic acids is 2. The summed E-state index contributed by atoms with van der Waals surface area (Å²) in [4.78, 5) is 28.2. The summed E-state index contributed by atoms with van der Waals surface area (Å²) < 4.78 is 92.5. The molecule has 2 amide bonds. The Kier molecular flexibility index (Phi) is 7.40. The Bertz CT molecular complexity index is 1770. The van der Waals surface area contributed by atoms with Crippen LogP contribution >= 0.6 is 0 Å². The Morgan fingerprint density at radius 3 is 2.45 bits per heavy atom. The van der Waals surface area contributed by atoms with Crippen LogP contribution in [-0.4, -0.2) is 50.8 Å². The minimum Gasteiger partial charge on any atom is -0.494 e. The number of rotatable bonds is 8. The number of carbonyl (C=O) groups is 2. The highest BCUT2D eigenvalue weighted by Crippen LogP contribution is 2.51. The number of benzene rings is 3. The van der Waals surface area contributed by atoms with Gasteiger partial charge in [0.15, 0.2) is 17.3 Å². The van der Waals surface area contributed by atoms with Gasteiger partial charge >= 0.3 is 21.7 Å². The molecule has 1 fully saturated rings. The summed E-state index contributed by atoms with van der Waals surface area (Å²) in [6.45, 7) is 1.81. The maximum absolute atomic E-state index is 14.5. The molecule has 44 heavy (non-hydrogen) atoms. The molecule has 2 heterocycles. The maximum atomic E-state index is 14.5. The molecule has 0 unspecified atom stereocenters. The molecule has 0 N–H and O–H groups in total. The first-order valence-electron chi connectivity index (χ1n) is 13.5. The minimum atomic E-state index is -6.27. The van der Waals surface area contributed by atoms with Crippen molar-refractivity contribution in [3.8, 4) is 17.2 Å². The van der Waals surface area contributed by atoms with E-state index in [0.717, 1.165) is 4.90 Å². The van der Waals surface area contributed by atoms with E-state index in [-0.39, 0.29) is 36.9 Å². The molecule has 1 saturated heterocycles. The van der Waals surface area contributed by atoms with Gasteiger partial charge in [0.05, 0.1) is 12.2 Å². The second kappa shape index (κ2) is 11.1. The lowest BCUT2D eigenvalue weighted by molar-refractivity contribution is -0.125. The van der Waals surface area contributed by atoms with Crippen LogP contribution in [0.5, 0.6) is 17.2 Å². The monoisotopic (exact) mass is 631 g/mol. The summed E-state index contributed by atoms with van der Waals surface area (Å²) in [5.41, 5.74) is -5.36. The molecule has 0 radical (unpaired) electrons. The van der Waals surface area contributed by atoms with Crippen molar-refractivity contribution in [1.82, 2.24) is 4.90 Å². The van der Waals surface area contributed by atoms with Crippen LogP contribution in [0.25, 0.3) is 5.76 Å². The Balaban J connectivity index is 1.58. The zero-order valence-electron chi connectivity index (χ0n) is 23.0. The van der Waals surface area contributed by atoms with Crippen molar-refractivity contribution >= 4 is 27.9 Å². The standard InChI is InChI=1S/C30H24F3NO9S/c1-2-12-39-19-9-10-20-21(14-19)27(43-44(37,38)30(31,32)33)26(25(20)18-8-11-23-24(13-18)42-16-41-23)28(35)34-22(15-40-29(34)36)17-6-4-3-5-7-17/h3-11,13-14,22,25H,2,12,15-16H2,1H3/t22-,25+/m1/s1. The van der Waals surface area contributed by atoms with Crippen molar-refractivity contribution < 1.29 is 54.3 Å². The lowest BCUT2D eigenvalue weighted by Gasteiger charge is -2.24. The molecule has 2 aliphatic heterocycles. The summed E-state index contributed by atoms with van der Waals surface area (Å²) in [7, 11) is -6.27. The van der Waals surface area contributed by atoms with E-state index in [0.29, 0.717) is 29.0 Å². The fourth-order valence-electron chi connectivity index (χ4n) is 5.33. The number of alkyl halides is 3. The first-order valence-corrected chi connectivity index (χ1v) is 14.9. The summed E-state index contributed by atoms with van der Waals surface area (Å²) in [5.74, 6) is -2.25. The zero-order chi connectivity index (χ0) is 31.2. The van der Waals surface area contributed by atoms with Gasteiger partial charge in [-0.25, -0.2) is 9.69 Å². The molecule has 0 bridgehead atoms. The van der Waals surface area contributed by atoms with Gasteiger partial charge in [-0.05, 0) is 47.4 Å². The zero-order valence-corrected chi connectivity index (χ0v) is 23.8. The van der Waals surface area contributed by atoms with Crippen LogP contribution in [0.3, 0.4) is 0 Å². The highest BCUT2D eigenvalue weighted by molar-refractivity contribution is 7.87. The number of hydrogen-bond acceptors (Lipinski definition) is 9. The van der Waals surface area contributed by atoms with Gasteiger partial charge in [-0.3, -0.25) is 4.79 Å². The number of fused-ring (bicyclic) bond motifs is 2. The first kappa shape index (κ1) is 29.4. The molecule has 1 aliphatic carbocycles. The van der Waals surface area contributed by atoms with E-state index >= 15 is 0 Å².